The van der Waals surface area contributed by atoms with Crippen LogP contribution in [-0.4, -0.2) is 36.6 Å². The van der Waals surface area contributed by atoms with Gasteiger partial charge in [-0.05, 0) is 60.9 Å². The molecule has 5 rings (SSSR count). The van der Waals surface area contributed by atoms with Gasteiger partial charge in [0, 0.05) is 12.0 Å². The Morgan fingerprint density at radius 3 is 2.66 bits per heavy atom. The molecule has 0 radical (unpaired) electrons. The molecule has 0 spiro atoms. The molecule has 2 heterocycles. The summed E-state index contributed by atoms with van der Waals surface area (Å²) in [7, 11) is 0. The van der Waals surface area contributed by atoms with Gasteiger partial charge in [-0.15, -0.1) is 0 Å². The summed E-state index contributed by atoms with van der Waals surface area (Å²) < 4.78 is 11.3. The summed E-state index contributed by atoms with van der Waals surface area (Å²) in [5.41, 5.74) is 0.277. The van der Waals surface area contributed by atoms with Crippen molar-refractivity contribution >= 4 is 23.4 Å². The summed E-state index contributed by atoms with van der Waals surface area (Å²) in [5, 5.41) is 15.3. The minimum absolute atomic E-state index is 0.204. The Morgan fingerprint density at radius 2 is 1.94 bits per heavy atom. The van der Waals surface area contributed by atoms with Crippen molar-refractivity contribution in [2.24, 2.45) is 0 Å². The lowest BCUT2D eigenvalue weighted by atomic mass is 10.0. The van der Waals surface area contributed by atoms with Crippen molar-refractivity contribution in [3.63, 3.8) is 0 Å². The minimum atomic E-state index is -0.891. The van der Waals surface area contributed by atoms with Gasteiger partial charge in [-0.1, -0.05) is 23.7 Å². The van der Waals surface area contributed by atoms with Gasteiger partial charge >= 0.3 is 0 Å². The van der Waals surface area contributed by atoms with E-state index in [1.165, 1.54) is 0 Å². The van der Waals surface area contributed by atoms with E-state index in [1.54, 1.807) is 42.5 Å². The van der Waals surface area contributed by atoms with Gasteiger partial charge in [0.15, 0.2) is 0 Å². The number of carbonyl (C=O) groups is 2. The van der Waals surface area contributed by atoms with Gasteiger partial charge in [-0.25, -0.2) is 0 Å². The molecule has 2 aromatic carbocycles. The number of benzene rings is 2. The lowest BCUT2D eigenvalue weighted by Gasteiger charge is -2.21. The topological polar surface area (TPSA) is 100 Å². The van der Waals surface area contributed by atoms with E-state index in [4.69, 9.17) is 21.1 Å². The number of halogens is 1. The Hall–Kier alpha value is -3.50. The van der Waals surface area contributed by atoms with Crippen LogP contribution in [0.25, 0.3) is 0 Å². The van der Waals surface area contributed by atoms with Gasteiger partial charge in [0.2, 0.25) is 5.91 Å². The Balaban J connectivity index is 1.63. The maximum absolute atomic E-state index is 13.0. The van der Waals surface area contributed by atoms with Crippen molar-refractivity contribution in [1.82, 2.24) is 10.6 Å². The highest BCUT2D eigenvalue weighted by Crippen LogP contribution is 2.34. The first kappa shape index (κ1) is 21.7. The van der Waals surface area contributed by atoms with E-state index >= 15 is 0 Å². The molecule has 7 nitrogen and oxygen atoms in total. The molecule has 0 saturated heterocycles. The van der Waals surface area contributed by atoms with E-state index in [-0.39, 0.29) is 6.42 Å². The van der Waals surface area contributed by atoms with Gasteiger partial charge in [-0.2, -0.15) is 5.26 Å². The number of carbonyl (C=O) groups excluding carboxylic acids is 2. The highest BCUT2D eigenvalue weighted by atomic mass is 35.5. The van der Waals surface area contributed by atoms with Crippen molar-refractivity contribution in [2.75, 3.05) is 13.2 Å². The van der Waals surface area contributed by atoms with E-state index < -0.39 is 23.4 Å². The number of nitriles is 1. The molecule has 2 aromatic rings. The molecule has 1 atom stereocenters. The van der Waals surface area contributed by atoms with Crippen LogP contribution >= 0.6 is 11.6 Å². The largest absolute Gasteiger partial charge is 0.490 e. The predicted octanol–water partition coefficient (Wildman–Crippen LogP) is 3.18. The first-order valence-electron chi connectivity index (χ1n) is 10.3. The summed E-state index contributed by atoms with van der Waals surface area (Å²) in [6.07, 6.45) is 5.04. The third-order valence-electron chi connectivity index (χ3n) is 5.33. The zero-order valence-electron chi connectivity index (χ0n) is 17.3. The smallest absolute Gasteiger partial charge is 0.252 e. The van der Waals surface area contributed by atoms with Crippen LogP contribution in [0.2, 0.25) is 5.02 Å². The molecule has 1 aliphatic carbocycles. The number of hydrogen-bond donors (Lipinski definition) is 2. The van der Waals surface area contributed by atoms with Gasteiger partial charge in [0.05, 0.1) is 11.1 Å². The maximum atomic E-state index is 13.0. The molecule has 2 aliphatic heterocycles. The van der Waals surface area contributed by atoms with Crippen LogP contribution in [0.3, 0.4) is 0 Å². The van der Waals surface area contributed by atoms with Crippen LogP contribution in [0.15, 0.2) is 54.6 Å². The number of nitrogens with one attached hydrogen (secondary N) is 2. The molecule has 4 bridgehead atoms. The zero-order valence-corrected chi connectivity index (χ0v) is 18.0. The van der Waals surface area contributed by atoms with Crippen LogP contribution < -0.4 is 20.1 Å². The van der Waals surface area contributed by atoms with Gasteiger partial charge in [-0.3, -0.25) is 9.59 Å². The monoisotopic (exact) mass is 451 g/mol. The van der Waals surface area contributed by atoms with Crippen LogP contribution in [0.1, 0.15) is 28.8 Å². The molecule has 164 valence electrons. The van der Waals surface area contributed by atoms with Crippen molar-refractivity contribution in [2.45, 2.75) is 30.8 Å². The Bertz CT molecular complexity index is 1100. The van der Waals surface area contributed by atoms with Crippen molar-refractivity contribution in [3.05, 3.63) is 70.8 Å². The molecule has 1 saturated carbocycles. The van der Waals surface area contributed by atoms with Gasteiger partial charge in [0.25, 0.3) is 5.91 Å². The second-order valence-electron chi connectivity index (χ2n) is 7.80. The van der Waals surface area contributed by atoms with E-state index in [1.807, 2.05) is 12.2 Å². The summed E-state index contributed by atoms with van der Waals surface area (Å²) in [5.74, 6) is 0.222. The van der Waals surface area contributed by atoms with Gasteiger partial charge < -0.3 is 20.1 Å². The molecule has 0 aromatic heterocycles. The first-order valence-corrected chi connectivity index (χ1v) is 10.7. The molecule has 32 heavy (non-hydrogen) atoms. The second-order valence-corrected chi connectivity index (χ2v) is 8.21. The number of nitrogens with zero attached hydrogens (tertiary/aromatic N) is 1. The minimum Gasteiger partial charge on any atom is -0.490 e. The van der Waals surface area contributed by atoms with E-state index in [2.05, 4.69) is 16.7 Å². The van der Waals surface area contributed by atoms with Crippen molar-refractivity contribution in [1.29, 1.82) is 5.26 Å². The third-order valence-corrected chi connectivity index (χ3v) is 5.62. The number of ether oxygens (including phenoxy) is 2. The van der Waals surface area contributed by atoms with E-state index in [9.17, 15) is 14.9 Å². The number of amides is 2. The number of fused-ring (bicyclic) bond motifs is 9. The fourth-order valence-electron chi connectivity index (χ4n) is 3.33. The average Bonchev–Trinajstić information content (AvgIpc) is 3.56. The van der Waals surface area contributed by atoms with E-state index in [0.717, 1.165) is 5.56 Å². The van der Waals surface area contributed by atoms with Crippen molar-refractivity contribution < 1.29 is 19.1 Å². The Labute approximate surface area is 191 Å². The standard InChI is InChI=1S/C24H22ClN3O4/c25-19-12-16-6-7-21(19)32-11-2-1-10-31-18-5-3-4-17(14-18)22(29)27-20(13-16)23(30)28-24(15-26)8-9-24/h1-7,12,14,20H,8-11,13H2,(H,27,29)(H,28,30)/t20-/m0/s1. The first-order chi connectivity index (χ1) is 15.5. The molecule has 2 N–H and O–H groups in total. The molecule has 2 amide bonds. The lowest BCUT2D eigenvalue weighted by molar-refractivity contribution is -0.123. The summed E-state index contributed by atoms with van der Waals surface area (Å²) >= 11 is 6.36. The molecular formula is C24H22ClN3O4. The SMILES string of the molecule is N#CC1(NC(=O)[C@@H]2Cc3ccc(c(Cl)c3)OCC=CCOc3cccc(c3)C(=O)N2)CC1. The van der Waals surface area contributed by atoms with E-state index in [0.29, 0.717) is 48.1 Å². The van der Waals surface area contributed by atoms with Crippen LogP contribution in [-0.2, 0) is 11.2 Å². The maximum Gasteiger partial charge on any atom is 0.252 e. The van der Waals surface area contributed by atoms with Crippen LogP contribution in [0, 0.1) is 11.3 Å². The molecule has 3 aliphatic rings. The lowest BCUT2D eigenvalue weighted by Crippen LogP contribution is -2.51. The normalized spacial score (nSPS) is 19.5. The van der Waals surface area contributed by atoms with Crippen LogP contribution in [0.4, 0.5) is 0 Å². The number of hydrogen-bond acceptors (Lipinski definition) is 5. The fourth-order valence-corrected chi connectivity index (χ4v) is 3.59. The molecule has 8 heteroatoms. The van der Waals surface area contributed by atoms with Crippen LogP contribution in [0.5, 0.6) is 11.5 Å². The summed E-state index contributed by atoms with van der Waals surface area (Å²) in [6.45, 7) is 0.631. The Morgan fingerprint density at radius 1 is 1.16 bits per heavy atom. The molecular weight excluding hydrogens is 430 g/mol. The number of rotatable bonds is 2. The molecule has 1 fully saturated rings. The highest BCUT2D eigenvalue weighted by Gasteiger charge is 2.45. The zero-order chi connectivity index (χ0) is 22.6. The fraction of sp³-hybridized carbons (Fsp3) is 0.292. The summed E-state index contributed by atoms with van der Waals surface area (Å²) in [4.78, 5) is 25.9. The third kappa shape index (κ3) is 5.21. The second kappa shape index (κ2) is 9.33. The quantitative estimate of drug-likeness (QED) is 0.683. The average molecular weight is 452 g/mol. The Kier molecular flexibility index (Phi) is 6.33. The van der Waals surface area contributed by atoms with Crippen molar-refractivity contribution in [3.8, 4) is 17.6 Å². The highest BCUT2D eigenvalue weighted by molar-refractivity contribution is 6.32. The molecule has 0 unspecified atom stereocenters. The predicted molar refractivity (Wildman–Crippen MR) is 119 cm³/mol. The van der Waals surface area contributed by atoms with Gasteiger partial charge in [0.1, 0.15) is 36.3 Å². The summed E-state index contributed by atoms with van der Waals surface area (Å²) in [6, 6.07) is 13.2.